The molecule has 0 atom stereocenters. The molecule has 0 aliphatic heterocycles. The van der Waals surface area contributed by atoms with Gasteiger partial charge in [0.2, 0.25) is 5.91 Å². The van der Waals surface area contributed by atoms with E-state index in [2.05, 4.69) is 80.1 Å². The van der Waals surface area contributed by atoms with E-state index in [1.807, 2.05) is 0 Å². The highest BCUT2D eigenvalue weighted by atomic mass is 16.5. The van der Waals surface area contributed by atoms with Crippen molar-refractivity contribution < 1.29 is 19.5 Å². The summed E-state index contributed by atoms with van der Waals surface area (Å²) in [6.07, 6.45) is 0.632. The van der Waals surface area contributed by atoms with E-state index in [0.29, 0.717) is 5.06 Å². The molecule has 0 saturated heterocycles. The highest BCUT2D eigenvalue weighted by molar-refractivity contribution is 5.80. The van der Waals surface area contributed by atoms with Crippen LogP contribution in [0.15, 0.2) is 81.6 Å². The Morgan fingerprint density at radius 2 is 1.46 bits per heavy atom. The van der Waals surface area contributed by atoms with Gasteiger partial charge in [0.05, 0.1) is 6.42 Å². The van der Waals surface area contributed by atoms with Gasteiger partial charge in [-0.2, -0.15) is 0 Å². The molecule has 24 heavy (non-hydrogen) atoms. The Kier molecular flexibility index (Phi) is 11.6. The van der Waals surface area contributed by atoms with E-state index in [-0.39, 0.29) is 12.8 Å². The lowest BCUT2D eigenvalue weighted by Crippen LogP contribution is -2.22. The Morgan fingerprint density at radius 3 is 1.96 bits per heavy atom. The molecule has 0 aliphatic rings. The molecule has 1 amide bonds. The molecule has 0 spiro atoms. The zero-order valence-corrected chi connectivity index (χ0v) is 12.8. The normalized spacial score (nSPS) is 6.42. The van der Waals surface area contributed by atoms with Crippen molar-refractivity contribution in [1.82, 2.24) is 5.06 Å². The lowest BCUT2D eigenvalue weighted by molar-refractivity contribution is -0.160. The number of ether oxygens (including phenoxy) is 1. The largest absolute Gasteiger partial charge is 0.425 e. The van der Waals surface area contributed by atoms with Crippen molar-refractivity contribution in [3.05, 3.63) is 81.6 Å². The van der Waals surface area contributed by atoms with Crippen LogP contribution in [0.3, 0.4) is 0 Å². The lowest BCUT2D eigenvalue weighted by atomic mass is 10.3. The third-order valence-electron chi connectivity index (χ3n) is 1.88. The Morgan fingerprint density at radius 1 is 0.958 bits per heavy atom. The predicted octanol–water partition coefficient (Wildman–Crippen LogP) is 2.16. The number of amides is 1. The van der Waals surface area contributed by atoms with Gasteiger partial charge in [0.1, 0.15) is 6.26 Å². The van der Waals surface area contributed by atoms with Crippen molar-refractivity contribution >= 4 is 11.9 Å². The van der Waals surface area contributed by atoms with E-state index in [4.69, 9.17) is 5.21 Å². The molecule has 0 aromatic heterocycles. The van der Waals surface area contributed by atoms with E-state index in [1.54, 1.807) is 0 Å². The molecular formula is C19H11NO4. The standard InChI is InChI=1S/C19H11NO4/c1-3-4-5-6-7-8-9-10-11-12-13-14-17-24-19(22)16-15-18(21)20(2)23/h17,23H,1,15-16H2,2H3. The fraction of sp³-hybridized carbons (Fsp3) is 0.158. The van der Waals surface area contributed by atoms with Crippen molar-refractivity contribution in [2.75, 3.05) is 7.05 Å². The molecule has 0 saturated carbocycles. The van der Waals surface area contributed by atoms with Gasteiger partial charge < -0.3 is 4.74 Å². The van der Waals surface area contributed by atoms with Crippen LogP contribution in [0.2, 0.25) is 0 Å². The molecule has 0 aromatic rings. The summed E-state index contributed by atoms with van der Waals surface area (Å²) in [4.78, 5) is 22.2. The third-order valence-corrected chi connectivity index (χ3v) is 1.88. The first-order chi connectivity index (χ1) is 11.6. The maximum Gasteiger partial charge on any atom is 0.311 e. The lowest BCUT2D eigenvalue weighted by Gasteiger charge is -2.06. The Labute approximate surface area is 138 Å². The van der Waals surface area contributed by atoms with Crippen molar-refractivity contribution in [3.63, 3.8) is 0 Å². The van der Waals surface area contributed by atoms with Crippen LogP contribution in [0.1, 0.15) is 12.8 Å². The van der Waals surface area contributed by atoms with Crippen LogP contribution in [0, 0.1) is 0 Å². The molecule has 116 valence electrons. The molecule has 0 aromatic carbocycles. The molecule has 5 nitrogen and oxygen atoms in total. The van der Waals surface area contributed by atoms with E-state index in [0.717, 1.165) is 6.26 Å². The zero-order chi connectivity index (χ0) is 18.0. The maximum atomic E-state index is 11.2. The molecule has 1 N–H and O–H groups in total. The highest BCUT2D eigenvalue weighted by Crippen LogP contribution is 1.96. The van der Waals surface area contributed by atoms with Gasteiger partial charge >= 0.3 is 5.97 Å². The van der Waals surface area contributed by atoms with Gasteiger partial charge in [-0.1, -0.05) is 5.73 Å². The highest BCUT2D eigenvalue weighted by Gasteiger charge is 2.09. The van der Waals surface area contributed by atoms with Gasteiger partial charge in [-0.05, 0) is 69.6 Å². The van der Waals surface area contributed by atoms with Crippen LogP contribution in [-0.2, 0) is 14.3 Å². The fourth-order valence-corrected chi connectivity index (χ4v) is 0.885. The Bertz CT molecular complexity index is 940. The summed E-state index contributed by atoms with van der Waals surface area (Å²) in [5.74, 6) is -1.24. The molecular weight excluding hydrogens is 306 g/mol. The summed E-state index contributed by atoms with van der Waals surface area (Å²) in [7, 11) is 1.17. The van der Waals surface area contributed by atoms with Crippen LogP contribution < -0.4 is 0 Å². The number of hydrogen-bond donors (Lipinski definition) is 1. The maximum absolute atomic E-state index is 11.2. The summed E-state index contributed by atoms with van der Waals surface area (Å²) in [5, 5.41) is 9.19. The Balaban J connectivity index is 4.81. The minimum atomic E-state index is -0.646. The van der Waals surface area contributed by atoms with Crippen molar-refractivity contribution in [3.8, 4) is 0 Å². The SMILES string of the molecule is C=C=C=C=C=C=C=C=C=C=C=C=C=COC(=O)CCC(=O)N(C)O. The summed E-state index contributed by atoms with van der Waals surface area (Å²) >= 11 is 0. The molecule has 5 heteroatoms. The molecule has 0 heterocycles. The summed E-state index contributed by atoms with van der Waals surface area (Å²) in [6.45, 7) is 3.28. The predicted molar refractivity (Wildman–Crippen MR) is 82.2 cm³/mol. The van der Waals surface area contributed by atoms with Gasteiger partial charge in [0, 0.05) is 13.5 Å². The van der Waals surface area contributed by atoms with Gasteiger partial charge in [0.25, 0.3) is 0 Å². The number of hydroxylamine groups is 2. The van der Waals surface area contributed by atoms with Crippen LogP contribution in [0.5, 0.6) is 0 Å². The van der Waals surface area contributed by atoms with Crippen LogP contribution in [0.4, 0.5) is 0 Å². The number of rotatable bonds is 4. The molecule has 0 bridgehead atoms. The molecule has 0 fully saturated rings. The monoisotopic (exact) mass is 317 g/mol. The second-order valence-corrected chi connectivity index (χ2v) is 3.60. The van der Waals surface area contributed by atoms with Gasteiger partial charge in [-0.15, -0.1) is 0 Å². The number of esters is 1. The minimum Gasteiger partial charge on any atom is -0.425 e. The summed E-state index contributed by atoms with van der Waals surface area (Å²) in [6, 6.07) is 0. The number of hydrogen-bond acceptors (Lipinski definition) is 4. The first-order valence-electron chi connectivity index (χ1n) is 6.32. The second kappa shape index (κ2) is 14.0. The van der Waals surface area contributed by atoms with Crippen molar-refractivity contribution in [2.24, 2.45) is 0 Å². The van der Waals surface area contributed by atoms with E-state index < -0.39 is 11.9 Å². The van der Waals surface area contributed by atoms with Crippen LogP contribution in [0.25, 0.3) is 0 Å². The zero-order valence-electron chi connectivity index (χ0n) is 12.8. The Hall–Kier alpha value is -4.00. The topological polar surface area (TPSA) is 66.8 Å². The van der Waals surface area contributed by atoms with Gasteiger partial charge in [-0.3, -0.25) is 14.8 Å². The molecule has 0 unspecified atom stereocenters. The van der Waals surface area contributed by atoms with Gasteiger partial charge in [0.15, 0.2) is 0 Å². The smallest absolute Gasteiger partial charge is 0.311 e. The van der Waals surface area contributed by atoms with E-state index >= 15 is 0 Å². The molecule has 0 rings (SSSR count). The van der Waals surface area contributed by atoms with Crippen molar-refractivity contribution in [1.29, 1.82) is 0 Å². The molecule has 0 aliphatic carbocycles. The fourth-order valence-electron chi connectivity index (χ4n) is 0.885. The van der Waals surface area contributed by atoms with Crippen molar-refractivity contribution in [2.45, 2.75) is 12.8 Å². The number of nitrogens with zero attached hydrogens (tertiary/aromatic N) is 1. The summed E-state index contributed by atoms with van der Waals surface area (Å²) < 4.78 is 4.62. The number of carbonyl (C=O) groups excluding carboxylic acids is 2. The second-order valence-electron chi connectivity index (χ2n) is 3.60. The number of carbonyl (C=O) groups is 2. The van der Waals surface area contributed by atoms with Crippen LogP contribution in [-0.4, -0.2) is 29.2 Å². The average molecular weight is 317 g/mol. The van der Waals surface area contributed by atoms with Gasteiger partial charge in [-0.25, -0.2) is 5.06 Å². The van der Waals surface area contributed by atoms with E-state index in [9.17, 15) is 9.59 Å². The average Bonchev–Trinajstić information content (AvgIpc) is 2.56. The van der Waals surface area contributed by atoms with E-state index in [1.165, 1.54) is 7.05 Å². The summed E-state index contributed by atoms with van der Waals surface area (Å²) in [5.41, 5.74) is 29.0. The first kappa shape index (κ1) is 20.0. The third kappa shape index (κ3) is 13.0. The van der Waals surface area contributed by atoms with Crippen LogP contribution >= 0.6 is 0 Å². The minimum absolute atomic E-state index is 0.157. The first-order valence-corrected chi connectivity index (χ1v) is 6.32. The molecule has 0 radical (unpaired) electrons. The quantitative estimate of drug-likeness (QED) is 0.284.